The Kier molecular flexibility index (Phi) is 5.79. The summed E-state index contributed by atoms with van der Waals surface area (Å²) < 4.78 is 36.5. The van der Waals surface area contributed by atoms with E-state index in [9.17, 15) is 8.42 Å². The van der Waals surface area contributed by atoms with E-state index in [1.807, 2.05) is 0 Å². The van der Waals surface area contributed by atoms with Gasteiger partial charge in [0.15, 0.2) is 0 Å². The van der Waals surface area contributed by atoms with Crippen molar-refractivity contribution in [1.29, 1.82) is 0 Å². The number of aromatic nitrogens is 2. The molecule has 0 aliphatic carbocycles. The average molecular weight is 408 g/mol. The highest BCUT2D eigenvalue weighted by Gasteiger charge is 2.21. The van der Waals surface area contributed by atoms with Crippen LogP contribution >= 0.6 is 11.6 Å². The van der Waals surface area contributed by atoms with Gasteiger partial charge in [-0.3, -0.25) is 0 Å². The van der Waals surface area contributed by atoms with E-state index in [4.69, 9.17) is 20.9 Å². The van der Waals surface area contributed by atoms with Gasteiger partial charge in [-0.15, -0.1) is 0 Å². The molecule has 9 heteroatoms. The van der Waals surface area contributed by atoms with Crippen molar-refractivity contribution in [2.45, 2.75) is 12.3 Å². The van der Waals surface area contributed by atoms with Crippen molar-refractivity contribution in [3.05, 3.63) is 65.0 Å². The predicted molar refractivity (Wildman–Crippen MR) is 102 cm³/mol. The standard InChI is InChI=1S/C18H18ClN3O4S/c1-22(27(23,24)12-13-3-7-15(19)8-4-13)11-17-20-18(21-26-17)14-5-9-16(25-2)10-6-14/h3-10H,11-12H2,1-2H3. The second-order valence-corrected chi connectivity index (χ2v) is 8.39. The summed E-state index contributed by atoms with van der Waals surface area (Å²) in [7, 11) is -0.483. The summed E-state index contributed by atoms with van der Waals surface area (Å²) in [6, 6.07) is 13.9. The highest BCUT2D eigenvalue weighted by molar-refractivity contribution is 7.88. The minimum atomic E-state index is -3.54. The zero-order valence-corrected chi connectivity index (χ0v) is 16.4. The van der Waals surface area contributed by atoms with Gasteiger partial charge in [-0.05, 0) is 42.0 Å². The summed E-state index contributed by atoms with van der Waals surface area (Å²) in [4.78, 5) is 4.27. The molecule has 0 saturated carbocycles. The number of ether oxygens (including phenoxy) is 1. The Morgan fingerprint density at radius 1 is 1.11 bits per heavy atom. The topological polar surface area (TPSA) is 85.5 Å². The van der Waals surface area contributed by atoms with Crippen LogP contribution in [0.3, 0.4) is 0 Å². The fraction of sp³-hybridized carbons (Fsp3) is 0.222. The number of sulfonamides is 1. The lowest BCUT2D eigenvalue weighted by Crippen LogP contribution is -2.27. The molecule has 142 valence electrons. The van der Waals surface area contributed by atoms with Crippen LogP contribution in [0.15, 0.2) is 53.1 Å². The van der Waals surface area contributed by atoms with E-state index in [1.54, 1.807) is 55.6 Å². The molecule has 0 fully saturated rings. The van der Waals surface area contributed by atoms with Gasteiger partial charge in [0.2, 0.25) is 21.7 Å². The van der Waals surface area contributed by atoms with Crippen molar-refractivity contribution in [3.8, 4) is 17.1 Å². The zero-order chi connectivity index (χ0) is 19.4. The molecule has 0 aliphatic rings. The SMILES string of the molecule is COc1ccc(-c2noc(CN(C)S(=O)(=O)Cc3ccc(Cl)cc3)n2)cc1. The van der Waals surface area contributed by atoms with Gasteiger partial charge in [0.05, 0.1) is 19.4 Å². The van der Waals surface area contributed by atoms with Crippen LogP contribution in [-0.2, 0) is 22.3 Å². The molecular weight excluding hydrogens is 390 g/mol. The summed E-state index contributed by atoms with van der Waals surface area (Å²) >= 11 is 5.83. The molecule has 0 spiro atoms. The average Bonchev–Trinajstić information content (AvgIpc) is 3.12. The van der Waals surface area contributed by atoms with Crippen molar-refractivity contribution in [2.24, 2.45) is 0 Å². The molecule has 1 aromatic heterocycles. The molecule has 0 amide bonds. The smallest absolute Gasteiger partial charge is 0.242 e. The normalized spacial score (nSPS) is 11.7. The Morgan fingerprint density at radius 3 is 2.41 bits per heavy atom. The molecule has 0 atom stereocenters. The molecule has 3 aromatic rings. The molecule has 3 rings (SSSR count). The van der Waals surface area contributed by atoms with Crippen LogP contribution in [0.1, 0.15) is 11.5 Å². The maximum Gasteiger partial charge on any atom is 0.242 e. The Bertz CT molecular complexity index is 1000. The first-order chi connectivity index (χ1) is 12.9. The Labute approximate surface area is 162 Å². The lowest BCUT2D eigenvalue weighted by atomic mass is 10.2. The van der Waals surface area contributed by atoms with Gasteiger partial charge in [-0.2, -0.15) is 9.29 Å². The Balaban J connectivity index is 1.69. The number of rotatable bonds is 7. The molecule has 7 nitrogen and oxygen atoms in total. The first-order valence-corrected chi connectivity index (χ1v) is 10.0. The van der Waals surface area contributed by atoms with Crippen molar-refractivity contribution < 1.29 is 17.7 Å². The fourth-order valence-corrected chi connectivity index (χ4v) is 3.63. The van der Waals surface area contributed by atoms with Crippen molar-refractivity contribution in [2.75, 3.05) is 14.2 Å². The summed E-state index contributed by atoms with van der Waals surface area (Å²) in [5.74, 6) is 1.18. The van der Waals surface area contributed by atoms with Crippen molar-refractivity contribution in [3.63, 3.8) is 0 Å². The molecule has 0 bridgehead atoms. The maximum absolute atomic E-state index is 12.5. The van der Waals surface area contributed by atoms with E-state index in [-0.39, 0.29) is 18.2 Å². The van der Waals surface area contributed by atoms with Crippen molar-refractivity contribution >= 4 is 21.6 Å². The Hall–Kier alpha value is -2.42. The minimum Gasteiger partial charge on any atom is -0.497 e. The molecule has 0 aliphatic heterocycles. The van der Waals surface area contributed by atoms with E-state index in [2.05, 4.69) is 10.1 Å². The minimum absolute atomic E-state index is 0.0148. The highest BCUT2D eigenvalue weighted by atomic mass is 35.5. The van der Waals surface area contributed by atoms with Crippen LogP contribution in [0.5, 0.6) is 5.75 Å². The van der Waals surface area contributed by atoms with Gasteiger partial charge in [-0.1, -0.05) is 28.9 Å². The Morgan fingerprint density at radius 2 is 1.78 bits per heavy atom. The van der Waals surface area contributed by atoms with E-state index in [0.717, 1.165) is 11.3 Å². The maximum atomic E-state index is 12.5. The third-order valence-electron chi connectivity index (χ3n) is 3.91. The third kappa shape index (κ3) is 4.85. The van der Waals surface area contributed by atoms with Gasteiger partial charge in [0.25, 0.3) is 0 Å². The number of halogens is 1. The molecule has 0 unspecified atom stereocenters. The highest BCUT2D eigenvalue weighted by Crippen LogP contribution is 2.21. The van der Waals surface area contributed by atoms with Gasteiger partial charge in [-0.25, -0.2) is 8.42 Å². The predicted octanol–water partition coefficient (Wildman–Crippen LogP) is 3.36. The number of benzene rings is 2. The second-order valence-electron chi connectivity index (χ2n) is 5.88. The first-order valence-electron chi connectivity index (χ1n) is 8.03. The van der Waals surface area contributed by atoms with Gasteiger partial charge in [0, 0.05) is 17.6 Å². The van der Waals surface area contributed by atoms with Crippen LogP contribution < -0.4 is 4.74 Å². The third-order valence-corrected chi connectivity index (χ3v) is 5.94. The molecule has 27 heavy (non-hydrogen) atoms. The van der Waals surface area contributed by atoms with Crippen molar-refractivity contribution in [1.82, 2.24) is 14.4 Å². The zero-order valence-electron chi connectivity index (χ0n) is 14.8. The largest absolute Gasteiger partial charge is 0.497 e. The number of nitrogens with zero attached hydrogens (tertiary/aromatic N) is 3. The molecule has 0 radical (unpaired) electrons. The van der Waals surface area contributed by atoms with E-state index in [0.29, 0.717) is 16.4 Å². The van der Waals surface area contributed by atoms with Crippen LogP contribution in [0, 0.1) is 0 Å². The summed E-state index contributed by atoms with van der Waals surface area (Å²) in [6.45, 7) is -0.0148. The first kappa shape index (κ1) is 19.3. The molecule has 2 aromatic carbocycles. The van der Waals surface area contributed by atoms with Gasteiger partial charge < -0.3 is 9.26 Å². The van der Waals surface area contributed by atoms with Crippen LogP contribution in [0.25, 0.3) is 11.4 Å². The van der Waals surface area contributed by atoms with Gasteiger partial charge >= 0.3 is 0 Å². The summed E-state index contributed by atoms with van der Waals surface area (Å²) in [6.07, 6.45) is 0. The lowest BCUT2D eigenvalue weighted by Gasteiger charge is -2.15. The van der Waals surface area contributed by atoms with Gasteiger partial charge in [0.1, 0.15) is 5.75 Å². The molecular formula is C18H18ClN3O4S. The molecule has 0 N–H and O–H groups in total. The lowest BCUT2D eigenvalue weighted by molar-refractivity contribution is 0.336. The van der Waals surface area contributed by atoms with Crippen LogP contribution in [0.2, 0.25) is 5.02 Å². The number of hydrogen-bond acceptors (Lipinski definition) is 6. The monoisotopic (exact) mass is 407 g/mol. The second kappa shape index (κ2) is 8.08. The quantitative estimate of drug-likeness (QED) is 0.597. The number of methoxy groups -OCH3 is 1. The van der Waals surface area contributed by atoms with Crippen LogP contribution in [0.4, 0.5) is 0 Å². The van der Waals surface area contributed by atoms with Crippen LogP contribution in [-0.4, -0.2) is 37.0 Å². The van der Waals surface area contributed by atoms with E-state index in [1.165, 1.54) is 11.4 Å². The number of hydrogen-bond donors (Lipinski definition) is 0. The van der Waals surface area contributed by atoms with E-state index < -0.39 is 10.0 Å². The molecule has 0 saturated heterocycles. The molecule has 1 heterocycles. The van der Waals surface area contributed by atoms with E-state index >= 15 is 0 Å². The summed E-state index contributed by atoms with van der Waals surface area (Å²) in [5, 5.41) is 4.46. The summed E-state index contributed by atoms with van der Waals surface area (Å²) in [5.41, 5.74) is 1.40. The fourth-order valence-electron chi connectivity index (χ4n) is 2.37.